The fourth-order valence-electron chi connectivity index (χ4n) is 2.42. The molecule has 1 aliphatic rings. The Balaban J connectivity index is 1.93. The van der Waals surface area contributed by atoms with Crippen LogP contribution in [-0.4, -0.2) is 19.3 Å². The van der Waals surface area contributed by atoms with Gasteiger partial charge in [-0.1, -0.05) is 18.5 Å². The van der Waals surface area contributed by atoms with Gasteiger partial charge in [-0.3, -0.25) is 0 Å². The minimum Gasteiger partial charge on any atom is -0.378 e. The second-order valence-electron chi connectivity index (χ2n) is 4.99. The van der Waals surface area contributed by atoms with Crippen LogP contribution in [-0.2, 0) is 4.74 Å². The largest absolute Gasteiger partial charge is 0.378 e. The minimum atomic E-state index is 0.401. The Morgan fingerprint density at radius 2 is 2.47 bits per heavy atom. The molecule has 2 heterocycles. The zero-order valence-corrected chi connectivity index (χ0v) is 14.4. The summed E-state index contributed by atoms with van der Waals surface area (Å²) in [6, 6.07) is 2.48. The van der Waals surface area contributed by atoms with E-state index in [4.69, 9.17) is 16.3 Å². The molecule has 0 aromatic carbocycles. The molecular weight excluding hydrogens is 346 g/mol. The maximum atomic E-state index is 6.15. The lowest BCUT2D eigenvalue weighted by Crippen LogP contribution is -2.22. The van der Waals surface area contributed by atoms with Crippen LogP contribution in [0.25, 0.3) is 0 Å². The average molecular weight is 367 g/mol. The van der Waals surface area contributed by atoms with Gasteiger partial charge in [0.2, 0.25) is 0 Å². The summed E-state index contributed by atoms with van der Waals surface area (Å²) < 4.78 is 6.74. The van der Waals surface area contributed by atoms with Crippen molar-refractivity contribution in [2.24, 2.45) is 0 Å². The predicted molar refractivity (Wildman–Crippen MR) is 86.3 cm³/mol. The summed E-state index contributed by atoms with van der Waals surface area (Å²) in [5.74, 6) is 0. The van der Waals surface area contributed by atoms with Crippen molar-refractivity contribution in [3.05, 3.63) is 19.8 Å². The third-order valence-electron chi connectivity index (χ3n) is 3.45. The highest BCUT2D eigenvalue weighted by atomic mass is 79.9. The minimum absolute atomic E-state index is 0.401. The summed E-state index contributed by atoms with van der Waals surface area (Å²) in [6.07, 6.45) is 6.30. The number of hydrogen-bond donors (Lipinski definition) is 1. The molecule has 0 aliphatic carbocycles. The Hall–Kier alpha value is 0.390. The van der Waals surface area contributed by atoms with Crippen molar-refractivity contribution in [3.63, 3.8) is 0 Å². The van der Waals surface area contributed by atoms with Gasteiger partial charge >= 0.3 is 0 Å². The molecular formula is C14H21BrClNOS. The second kappa shape index (κ2) is 7.99. The number of hydrogen-bond acceptors (Lipinski definition) is 3. The molecule has 2 nitrogen and oxygen atoms in total. The zero-order valence-electron chi connectivity index (χ0n) is 11.3. The molecule has 2 atom stereocenters. The van der Waals surface area contributed by atoms with E-state index < -0.39 is 0 Å². The summed E-state index contributed by atoms with van der Waals surface area (Å²) >= 11 is 11.4. The van der Waals surface area contributed by atoms with Crippen molar-refractivity contribution in [3.8, 4) is 0 Å². The standard InChI is InChI=1S/C14H21BrClNOS/c1-2-7-17-12(6-5-10-4-3-8-18-10)13-9-11(16)14(15)19-13/h9-10,12,17H,2-8H2,1H3. The van der Waals surface area contributed by atoms with Gasteiger partial charge in [0.05, 0.1) is 14.9 Å². The third-order valence-corrected chi connectivity index (χ3v) is 6.04. The molecule has 1 fully saturated rings. The molecule has 1 aromatic heterocycles. The van der Waals surface area contributed by atoms with Crippen LogP contribution in [0, 0.1) is 0 Å². The molecule has 0 spiro atoms. The number of halogens is 2. The Bertz CT molecular complexity index is 373. The quantitative estimate of drug-likeness (QED) is 0.719. The van der Waals surface area contributed by atoms with Gasteiger partial charge in [-0.2, -0.15) is 0 Å². The van der Waals surface area contributed by atoms with Crippen molar-refractivity contribution in [1.82, 2.24) is 5.32 Å². The van der Waals surface area contributed by atoms with E-state index in [1.54, 1.807) is 11.3 Å². The maximum absolute atomic E-state index is 6.15. The Labute approximate surface area is 133 Å². The zero-order chi connectivity index (χ0) is 13.7. The fourth-order valence-corrected chi connectivity index (χ4v) is 4.28. The van der Waals surface area contributed by atoms with E-state index in [-0.39, 0.29) is 0 Å². The van der Waals surface area contributed by atoms with E-state index in [1.807, 2.05) is 0 Å². The van der Waals surface area contributed by atoms with Crippen LogP contribution in [0.2, 0.25) is 5.02 Å². The van der Waals surface area contributed by atoms with E-state index in [0.717, 1.165) is 41.2 Å². The molecule has 1 N–H and O–H groups in total. The van der Waals surface area contributed by atoms with E-state index in [1.165, 1.54) is 17.7 Å². The van der Waals surface area contributed by atoms with Gasteiger partial charge in [0.15, 0.2) is 0 Å². The van der Waals surface area contributed by atoms with Gasteiger partial charge in [-0.25, -0.2) is 0 Å². The number of ether oxygens (including phenoxy) is 1. The van der Waals surface area contributed by atoms with Gasteiger partial charge in [0.25, 0.3) is 0 Å². The van der Waals surface area contributed by atoms with Crippen molar-refractivity contribution in [1.29, 1.82) is 0 Å². The van der Waals surface area contributed by atoms with E-state index in [9.17, 15) is 0 Å². The van der Waals surface area contributed by atoms with Crippen LogP contribution in [0.15, 0.2) is 9.85 Å². The monoisotopic (exact) mass is 365 g/mol. The molecule has 19 heavy (non-hydrogen) atoms. The molecule has 0 radical (unpaired) electrons. The predicted octanol–water partition coefficient (Wildman–Crippen LogP) is 5.16. The van der Waals surface area contributed by atoms with Gasteiger partial charge in [0, 0.05) is 17.5 Å². The smallest absolute Gasteiger partial charge is 0.0887 e. The number of thiophene rings is 1. The highest BCUT2D eigenvalue weighted by Gasteiger charge is 2.20. The SMILES string of the molecule is CCCNC(CCC1CCCO1)c1cc(Cl)c(Br)s1. The molecule has 0 saturated carbocycles. The van der Waals surface area contributed by atoms with Crippen molar-refractivity contribution in [2.75, 3.05) is 13.2 Å². The van der Waals surface area contributed by atoms with Crippen LogP contribution >= 0.6 is 38.9 Å². The fraction of sp³-hybridized carbons (Fsp3) is 0.714. The van der Waals surface area contributed by atoms with Gasteiger partial charge in [-0.15, -0.1) is 11.3 Å². The highest BCUT2D eigenvalue weighted by molar-refractivity contribution is 9.11. The van der Waals surface area contributed by atoms with Crippen molar-refractivity contribution in [2.45, 2.75) is 51.2 Å². The Morgan fingerprint density at radius 3 is 3.05 bits per heavy atom. The lowest BCUT2D eigenvalue weighted by molar-refractivity contribution is 0.0997. The summed E-state index contributed by atoms with van der Waals surface area (Å²) in [5.41, 5.74) is 0. The maximum Gasteiger partial charge on any atom is 0.0887 e. The Kier molecular flexibility index (Phi) is 6.63. The van der Waals surface area contributed by atoms with Crippen LogP contribution in [0.5, 0.6) is 0 Å². The molecule has 1 saturated heterocycles. The van der Waals surface area contributed by atoms with Gasteiger partial charge in [-0.05, 0) is 60.6 Å². The topological polar surface area (TPSA) is 21.3 Å². The number of nitrogens with one attached hydrogen (secondary N) is 1. The van der Waals surface area contributed by atoms with Crippen LogP contribution < -0.4 is 5.32 Å². The molecule has 0 amide bonds. The summed E-state index contributed by atoms with van der Waals surface area (Å²) in [5, 5.41) is 4.45. The molecule has 1 aliphatic heterocycles. The molecule has 5 heteroatoms. The van der Waals surface area contributed by atoms with Gasteiger partial charge in [0.1, 0.15) is 0 Å². The molecule has 108 valence electrons. The molecule has 0 bridgehead atoms. The number of rotatable bonds is 7. The van der Waals surface area contributed by atoms with Crippen LogP contribution in [0.4, 0.5) is 0 Å². The third kappa shape index (κ3) is 4.71. The first-order chi connectivity index (χ1) is 9.20. The van der Waals surface area contributed by atoms with Crippen molar-refractivity contribution >= 4 is 38.9 Å². The van der Waals surface area contributed by atoms with E-state index >= 15 is 0 Å². The summed E-state index contributed by atoms with van der Waals surface area (Å²) in [7, 11) is 0. The first kappa shape index (κ1) is 15.8. The average Bonchev–Trinajstić information content (AvgIpc) is 3.01. The highest BCUT2D eigenvalue weighted by Crippen LogP contribution is 2.37. The first-order valence-electron chi connectivity index (χ1n) is 7.00. The molecule has 2 rings (SSSR count). The Morgan fingerprint density at radius 1 is 1.63 bits per heavy atom. The first-order valence-corrected chi connectivity index (χ1v) is 8.99. The van der Waals surface area contributed by atoms with Crippen LogP contribution in [0.3, 0.4) is 0 Å². The molecule has 1 aromatic rings. The molecule has 2 unspecified atom stereocenters. The van der Waals surface area contributed by atoms with E-state index in [2.05, 4.69) is 34.2 Å². The summed E-state index contributed by atoms with van der Waals surface area (Å²) in [6.45, 7) is 4.18. The van der Waals surface area contributed by atoms with Crippen LogP contribution in [0.1, 0.15) is 49.9 Å². The van der Waals surface area contributed by atoms with Gasteiger partial charge < -0.3 is 10.1 Å². The van der Waals surface area contributed by atoms with Crippen molar-refractivity contribution < 1.29 is 4.74 Å². The lowest BCUT2D eigenvalue weighted by atomic mass is 10.0. The summed E-state index contributed by atoms with van der Waals surface area (Å²) in [4.78, 5) is 1.32. The normalized spacial score (nSPS) is 20.9. The lowest BCUT2D eigenvalue weighted by Gasteiger charge is -2.19. The van der Waals surface area contributed by atoms with E-state index in [0.29, 0.717) is 12.1 Å². The second-order valence-corrected chi connectivity index (χ2v) is 7.80.